The number of aromatic nitrogens is 1. The number of alkyl carbamates (subject to hydrolysis) is 1. The van der Waals surface area contributed by atoms with Crippen molar-refractivity contribution in [1.29, 1.82) is 0 Å². The summed E-state index contributed by atoms with van der Waals surface area (Å²) in [6.45, 7) is 6.48. The van der Waals surface area contributed by atoms with Gasteiger partial charge in [-0.3, -0.25) is 0 Å². The minimum atomic E-state index is -2.96. The number of nitrogens with zero attached hydrogens (tertiary/aromatic N) is 1. The van der Waals surface area contributed by atoms with Gasteiger partial charge in [0.1, 0.15) is 18.9 Å². The lowest BCUT2D eigenvalue weighted by Gasteiger charge is -2.43. The van der Waals surface area contributed by atoms with Crippen LogP contribution in [0.2, 0.25) is 5.04 Å². The standard InChI is InChI=1S/C30H32N2O6Si/c1-30(2,3)39(23-15-9-5-10-16-23,24-17-11-6-12-18-24)38-21-25(27-31-26(20-36-27)28(33)34)32-29(35)37-19-22-13-7-4-8-14-22/h4-18,20,25H,19,21H2,1-3H3,(H,32,35)(H,33,34)/t25-/m0/s1. The normalized spacial score (nSPS) is 12.5. The number of ether oxygens (including phenoxy) is 1. The molecule has 39 heavy (non-hydrogen) atoms. The lowest BCUT2D eigenvalue weighted by molar-refractivity contribution is 0.0690. The summed E-state index contributed by atoms with van der Waals surface area (Å²) in [7, 11) is -2.96. The highest BCUT2D eigenvalue weighted by molar-refractivity contribution is 6.99. The van der Waals surface area contributed by atoms with Gasteiger partial charge in [0, 0.05) is 0 Å². The quantitative estimate of drug-likeness (QED) is 0.273. The van der Waals surface area contributed by atoms with Gasteiger partial charge >= 0.3 is 12.1 Å². The molecular weight excluding hydrogens is 512 g/mol. The van der Waals surface area contributed by atoms with Crippen LogP contribution in [0.4, 0.5) is 4.79 Å². The number of nitrogens with one attached hydrogen (secondary N) is 1. The van der Waals surface area contributed by atoms with E-state index in [0.717, 1.165) is 22.2 Å². The number of carboxylic acid groups (broad SMARTS) is 1. The number of aromatic carboxylic acids is 1. The predicted molar refractivity (Wildman–Crippen MR) is 150 cm³/mol. The van der Waals surface area contributed by atoms with Crippen LogP contribution < -0.4 is 15.7 Å². The van der Waals surface area contributed by atoms with Crippen molar-refractivity contribution in [3.05, 3.63) is 114 Å². The maximum absolute atomic E-state index is 12.8. The van der Waals surface area contributed by atoms with Gasteiger partial charge in [-0.05, 0) is 21.0 Å². The molecule has 1 heterocycles. The van der Waals surface area contributed by atoms with Crippen molar-refractivity contribution in [3.63, 3.8) is 0 Å². The molecule has 0 radical (unpaired) electrons. The van der Waals surface area contributed by atoms with Gasteiger partial charge in [-0.25, -0.2) is 14.6 Å². The Bertz CT molecular complexity index is 1330. The molecule has 9 heteroatoms. The van der Waals surface area contributed by atoms with E-state index in [1.807, 2.05) is 66.7 Å². The summed E-state index contributed by atoms with van der Waals surface area (Å²) < 4.78 is 17.8. The summed E-state index contributed by atoms with van der Waals surface area (Å²) in [6, 6.07) is 28.5. The Kier molecular flexibility index (Phi) is 8.63. The number of hydrogen-bond acceptors (Lipinski definition) is 6. The van der Waals surface area contributed by atoms with Gasteiger partial charge < -0.3 is 24.0 Å². The molecule has 202 valence electrons. The highest BCUT2D eigenvalue weighted by Crippen LogP contribution is 2.37. The molecule has 3 aromatic carbocycles. The predicted octanol–water partition coefficient (Wildman–Crippen LogP) is 4.92. The second-order valence-corrected chi connectivity index (χ2v) is 14.4. The van der Waals surface area contributed by atoms with E-state index in [9.17, 15) is 14.7 Å². The average Bonchev–Trinajstić information content (AvgIpc) is 3.43. The third-order valence-electron chi connectivity index (χ3n) is 6.43. The lowest BCUT2D eigenvalue weighted by atomic mass is 10.2. The number of carboxylic acids is 1. The number of carbonyl (C=O) groups is 2. The molecule has 0 bridgehead atoms. The molecule has 4 aromatic rings. The maximum atomic E-state index is 12.8. The smallest absolute Gasteiger partial charge is 0.408 e. The van der Waals surface area contributed by atoms with Gasteiger partial charge in [-0.2, -0.15) is 0 Å². The Labute approximate surface area is 228 Å². The number of oxazole rings is 1. The summed E-state index contributed by atoms with van der Waals surface area (Å²) in [5.74, 6) is -1.22. The van der Waals surface area contributed by atoms with E-state index in [1.165, 1.54) is 0 Å². The number of carbonyl (C=O) groups excluding carboxylic acids is 1. The van der Waals surface area contributed by atoms with Crippen molar-refractivity contribution in [2.75, 3.05) is 6.61 Å². The molecule has 1 atom stereocenters. The Morgan fingerprint density at radius 2 is 1.46 bits per heavy atom. The van der Waals surface area contributed by atoms with Crippen LogP contribution in [0.3, 0.4) is 0 Å². The van der Waals surface area contributed by atoms with Crippen LogP contribution in [0, 0.1) is 0 Å². The van der Waals surface area contributed by atoms with Crippen LogP contribution in [0.15, 0.2) is 102 Å². The second kappa shape index (κ2) is 12.1. The molecule has 0 spiro atoms. The summed E-state index contributed by atoms with van der Waals surface area (Å²) in [5.41, 5.74) is 0.567. The molecule has 0 fully saturated rings. The van der Waals surface area contributed by atoms with Gasteiger partial charge in [0.15, 0.2) is 5.69 Å². The first-order chi connectivity index (χ1) is 18.7. The van der Waals surface area contributed by atoms with Gasteiger partial charge in [0.05, 0.1) is 6.61 Å². The van der Waals surface area contributed by atoms with Crippen LogP contribution in [0.25, 0.3) is 0 Å². The fourth-order valence-corrected chi connectivity index (χ4v) is 9.17. The molecule has 0 aliphatic carbocycles. The molecule has 1 aromatic heterocycles. The van der Waals surface area contributed by atoms with Crippen LogP contribution in [-0.2, 0) is 15.8 Å². The molecule has 0 saturated carbocycles. The van der Waals surface area contributed by atoms with Crippen LogP contribution >= 0.6 is 0 Å². The first-order valence-corrected chi connectivity index (χ1v) is 14.5. The molecule has 0 unspecified atom stereocenters. The van der Waals surface area contributed by atoms with Crippen molar-refractivity contribution in [2.24, 2.45) is 0 Å². The van der Waals surface area contributed by atoms with E-state index in [0.29, 0.717) is 0 Å². The first kappa shape index (κ1) is 27.8. The zero-order chi connectivity index (χ0) is 27.9. The summed E-state index contributed by atoms with van der Waals surface area (Å²) in [6.07, 6.45) is 0.342. The first-order valence-electron chi connectivity index (χ1n) is 12.6. The van der Waals surface area contributed by atoms with E-state index in [1.54, 1.807) is 0 Å². The minimum Gasteiger partial charge on any atom is -0.476 e. The molecular formula is C30H32N2O6Si. The second-order valence-electron chi connectivity index (χ2n) is 10.1. The topological polar surface area (TPSA) is 111 Å². The van der Waals surface area contributed by atoms with Gasteiger partial charge in [-0.1, -0.05) is 112 Å². The van der Waals surface area contributed by atoms with Crippen molar-refractivity contribution in [3.8, 4) is 0 Å². The maximum Gasteiger partial charge on any atom is 0.408 e. The van der Waals surface area contributed by atoms with Crippen LogP contribution in [-0.4, -0.2) is 37.1 Å². The molecule has 0 aliphatic rings. The van der Waals surface area contributed by atoms with Crippen molar-refractivity contribution >= 4 is 30.8 Å². The van der Waals surface area contributed by atoms with E-state index < -0.39 is 26.4 Å². The lowest BCUT2D eigenvalue weighted by Crippen LogP contribution is -2.67. The van der Waals surface area contributed by atoms with E-state index in [4.69, 9.17) is 13.6 Å². The molecule has 8 nitrogen and oxygen atoms in total. The van der Waals surface area contributed by atoms with Crippen LogP contribution in [0.1, 0.15) is 48.8 Å². The summed E-state index contributed by atoms with van der Waals surface area (Å²) in [5, 5.41) is 14.0. The largest absolute Gasteiger partial charge is 0.476 e. The van der Waals surface area contributed by atoms with Crippen molar-refractivity contribution < 1.29 is 28.3 Å². The van der Waals surface area contributed by atoms with E-state index in [-0.39, 0.29) is 29.8 Å². The third kappa shape index (κ3) is 6.44. The van der Waals surface area contributed by atoms with Gasteiger partial charge in [0.2, 0.25) is 5.89 Å². The molecule has 0 saturated heterocycles. The zero-order valence-corrected chi connectivity index (χ0v) is 23.2. The zero-order valence-electron chi connectivity index (χ0n) is 22.2. The molecule has 0 aliphatic heterocycles. The summed E-state index contributed by atoms with van der Waals surface area (Å²) >= 11 is 0. The highest BCUT2D eigenvalue weighted by Gasteiger charge is 2.50. The molecule has 4 rings (SSSR count). The fourth-order valence-electron chi connectivity index (χ4n) is 4.60. The monoisotopic (exact) mass is 544 g/mol. The average molecular weight is 545 g/mol. The number of rotatable bonds is 10. The van der Waals surface area contributed by atoms with Crippen LogP contribution in [0.5, 0.6) is 0 Å². The SMILES string of the molecule is CC(C)(C)[Si](OC[C@H](NC(=O)OCc1ccccc1)c1nc(C(=O)O)co1)(c1ccccc1)c1ccccc1. The summed E-state index contributed by atoms with van der Waals surface area (Å²) in [4.78, 5) is 28.4. The Hall–Kier alpha value is -4.21. The van der Waals surface area contributed by atoms with E-state index >= 15 is 0 Å². The Balaban J connectivity index is 1.66. The van der Waals surface area contributed by atoms with Crippen molar-refractivity contribution in [1.82, 2.24) is 10.3 Å². The highest BCUT2D eigenvalue weighted by atomic mass is 28.4. The Morgan fingerprint density at radius 1 is 0.923 bits per heavy atom. The van der Waals surface area contributed by atoms with Crippen molar-refractivity contribution in [2.45, 2.75) is 38.5 Å². The van der Waals surface area contributed by atoms with Gasteiger partial charge in [-0.15, -0.1) is 0 Å². The number of hydrogen-bond donors (Lipinski definition) is 2. The number of benzene rings is 3. The van der Waals surface area contributed by atoms with Gasteiger partial charge in [0.25, 0.3) is 8.32 Å². The molecule has 1 amide bonds. The minimum absolute atomic E-state index is 0.0157. The third-order valence-corrected chi connectivity index (χ3v) is 11.4. The number of amides is 1. The van der Waals surface area contributed by atoms with E-state index in [2.05, 4.69) is 55.3 Å². The Morgan fingerprint density at radius 3 is 1.95 bits per heavy atom. The fraction of sp³-hybridized carbons (Fsp3) is 0.233. The molecule has 2 N–H and O–H groups in total.